The smallest absolute Gasteiger partial charge is 0.259 e. The van der Waals surface area contributed by atoms with E-state index in [1.54, 1.807) is 36.5 Å². The SMILES string of the molecule is O=C(Nc1cccc(F)c1)c1cccnc1Nc1ccccc1Cl. The molecule has 24 heavy (non-hydrogen) atoms. The Morgan fingerprint density at radius 3 is 2.67 bits per heavy atom. The Kier molecular flexibility index (Phi) is 4.72. The van der Waals surface area contributed by atoms with Gasteiger partial charge in [0.2, 0.25) is 0 Å². The lowest BCUT2D eigenvalue weighted by Crippen LogP contribution is -2.14. The van der Waals surface area contributed by atoms with Gasteiger partial charge in [0, 0.05) is 11.9 Å². The van der Waals surface area contributed by atoms with Gasteiger partial charge in [-0.15, -0.1) is 0 Å². The molecule has 2 N–H and O–H groups in total. The van der Waals surface area contributed by atoms with Crippen molar-refractivity contribution in [1.82, 2.24) is 4.98 Å². The van der Waals surface area contributed by atoms with Gasteiger partial charge in [0.25, 0.3) is 5.91 Å². The van der Waals surface area contributed by atoms with E-state index in [0.717, 1.165) is 0 Å². The number of hydrogen-bond donors (Lipinski definition) is 2. The van der Waals surface area contributed by atoms with Crippen LogP contribution < -0.4 is 10.6 Å². The quantitative estimate of drug-likeness (QED) is 0.711. The summed E-state index contributed by atoms with van der Waals surface area (Å²) in [6.45, 7) is 0. The maximum Gasteiger partial charge on any atom is 0.259 e. The van der Waals surface area contributed by atoms with E-state index in [0.29, 0.717) is 27.8 Å². The molecule has 0 aliphatic carbocycles. The van der Waals surface area contributed by atoms with Gasteiger partial charge < -0.3 is 10.6 Å². The Morgan fingerprint density at radius 2 is 1.88 bits per heavy atom. The number of carbonyl (C=O) groups is 1. The van der Waals surface area contributed by atoms with Crippen molar-refractivity contribution >= 4 is 34.7 Å². The Hall–Kier alpha value is -2.92. The molecule has 0 aliphatic heterocycles. The first-order valence-corrected chi connectivity index (χ1v) is 7.55. The predicted octanol–water partition coefficient (Wildman–Crippen LogP) is 4.87. The fraction of sp³-hybridized carbons (Fsp3) is 0. The highest BCUT2D eigenvalue weighted by Crippen LogP contribution is 2.26. The molecule has 0 aliphatic rings. The Labute approximate surface area is 143 Å². The Balaban J connectivity index is 1.86. The molecule has 6 heteroatoms. The van der Waals surface area contributed by atoms with Crippen LogP contribution >= 0.6 is 11.6 Å². The molecule has 1 aromatic heterocycles. The van der Waals surface area contributed by atoms with Crippen molar-refractivity contribution in [2.45, 2.75) is 0 Å². The fourth-order valence-electron chi connectivity index (χ4n) is 2.14. The van der Waals surface area contributed by atoms with Gasteiger partial charge in [-0.1, -0.05) is 29.8 Å². The van der Waals surface area contributed by atoms with Crippen LogP contribution in [-0.4, -0.2) is 10.9 Å². The standard InChI is InChI=1S/C18H13ClFN3O/c19-15-8-1-2-9-16(15)23-17-14(7-4-10-21-17)18(24)22-13-6-3-5-12(20)11-13/h1-11H,(H,21,23)(H,22,24). The minimum atomic E-state index is -0.423. The molecule has 0 spiro atoms. The minimum Gasteiger partial charge on any atom is -0.338 e. The van der Waals surface area contributed by atoms with Gasteiger partial charge in [0.15, 0.2) is 0 Å². The first kappa shape index (κ1) is 16.0. The number of para-hydroxylation sites is 1. The van der Waals surface area contributed by atoms with E-state index in [2.05, 4.69) is 15.6 Å². The Morgan fingerprint density at radius 1 is 1.04 bits per heavy atom. The summed E-state index contributed by atoms with van der Waals surface area (Å²) in [6, 6.07) is 16.1. The molecule has 0 bridgehead atoms. The number of nitrogens with zero attached hydrogens (tertiary/aromatic N) is 1. The van der Waals surface area contributed by atoms with Crippen LogP contribution in [0.1, 0.15) is 10.4 Å². The molecule has 0 unspecified atom stereocenters. The zero-order valence-electron chi connectivity index (χ0n) is 12.5. The number of pyridine rings is 1. The van der Waals surface area contributed by atoms with Crippen LogP contribution in [-0.2, 0) is 0 Å². The monoisotopic (exact) mass is 341 g/mol. The van der Waals surface area contributed by atoms with Crippen molar-refractivity contribution in [1.29, 1.82) is 0 Å². The average Bonchev–Trinajstić information content (AvgIpc) is 2.57. The summed E-state index contributed by atoms with van der Waals surface area (Å²) in [7, 11) is 0. The number of anilines is 3. The summed E-state index contributed by atoms with van der Waals surface area (Å²) in [5.74, 6) is -0.462. The van der Waals surface area contributed by atoms with E-state index in [-0.39, 0.29) is 0 Å². The first-order chi connectivity index (χ1) is 11.6. The van der Waals surface area contributed by atoms with Crippen molar-refractivity contribution in [3.8, 4) is 0 Å². The van der Waals surface area contributed by atoms with E-state index in [1.807, 2.05) is 12.1 Å². The van der Waals surface area contributed by atoms with Crippen molar-refractivity contribution in [2.75, 3.05) is 10.6 Å². The zero-order valence-corrected chi connectivity index (χ0v) is 13.2. The first-order valence-electron chi connectivity index (χ1n) is 7.17. The summed E-state index contributed by atoms with van der Waals surface area (Å²) < 4.78 is 13.2. The normalized spacial score (nSPS) is 10.2. The molecule has 120 valence electrons. The highest BCUT2D eigenvalue weighted by atomic mass is 35.5. The molecule has 1 amide bonds. The maximum atomic E-state index is 13.2. The summed E-state index contributed by atoms with van der Waals surface area (Å²) in [4.78, 5) is 16.7. The lowest BCUT2D eigenvalue weighted by molar-refractivity contribution is 0.102. The van der Waals surface area contributed by atoms with Gasteiger partial charge in [0.1, 0.15) is 11.6 Å². The van der Waals surface area contributed by atoms with Gasteiger partial charge in [-0.05, 0) is 42.5 Å². The average molecular weight is 342 g/mol. The molecule has 2 aromatic carbocycles. The van der Waals surface area contributed by atoms with Crippen LogP contribution in [0.15, 0.2) is 66.9 Å². The van der Waals surface area contributed by atoms with Crippen LogP contribution in [0.2, 0.25) is 5.02 Å². The fourth-order valence-corrected chi connectivity index (χ4v) is 2.33. The number of nitrogens with one attached hydrogen (secondary N) is 2. The topological polar surface area (TPSA) is 54.0 Å². The third kappa shape index (κ3) is 3.70. The largest absolute Gasteiger partial charge is 0.338 e. The van der Waals surface area contributed by atoms with E-state index in [1.165, 1.54) is 18.2 Å². The van der Waals surface area contributed by atoms with Crippen LogP contribution in [0.25, 0.3) is 0 Å². The highest BCUT2D eigenvalue weighted by molar-refractivity contribution is 6.33. The van der Waals surface area contributed by atoms with Gasteiger partial charge >= 0.3 is 0 Å². The van der Waals surface area contributed by atoms with Crippen molar-refractivity contribution < 1.29 is 9.18 Å². The minimum absolute atomic E-state index is 0.321. The molecular weight excluding hydrogens is 329 g/mol. The van der Waals surface area contributed by atoms with Crippen LogP contribution in [0.3, 0.4) is 0 Å². The molecule has 4 nitrogen and oxygen atoms in total. The number of carbonyl (C=O) groups excluding carboxylic acids is 1. The van der Waals surface area contributed by atoms with Crippen LogP contribution in [0.4, 0.5) is 21.6 Å². The maximum absolute atomic E-state index is 13.2. The lowest BCUT2D eigenvalue weighted by Gasteiger charge is -2.12. The van der Waals surface area contributed by atoms with Crippen LogP contribution in [0, 0.1) is 5.82 Å². The second-order valence-electron chi connectivity index (χ2n) is 4.97. The molecule has 3 rings (SSSR count). The molecular formula is C18H13ClFN3O. The number of aromatic nitrogens is 1. The summed E-state index contributed by atoms with van der Waals surface area (Å²) in [5, 5.41) is 6.20. The summed E-state index contributed by atoms with van der Waals surface area (Å²) in [5.41, 5.74) is 1.33. The molecule has 0 fully saturated rings. The number of hydrogen-bond acceptors (Lipinski definition) is 3. The zero-order chi connectivity index (χ0) is 16.9. The highest BCUT2D eigenvalue weighted by Gasteiger charge is 2.13. The van der Waals surface area contributed by atoms with Gasteiger partial charge in [-0.3, -0.25) is 4.79 Å². The third-order valence-corrected chi connectivity index (χ3v) is 3.59. The lowest BCUT2D eigenvalue weighted by atomic mass is 10.2. The van der Waals surface area contributed by atoms with Crippen molar-refractivity contribution in [3.05, 3.63) is 83.3 Å². The van der Waals surface area contributed by atoms with E-state index in [9.17, 15) is 9.18 Å². The third-order valence-electron chi connectivity index (χ3n) is 3.26. The molecule has 0 saturated heterocycles. The second-order valence-corrected chi connectivity index (χ2v) is 5.38. The number of rotatable bonds is 4. The van der Waals surface area contributed by atoms with E-state index >= 15 is 0 Å². The molecule has 3 aromatic rings. The summed E-state index contributed by atoms with van der Waals surface area (Å²) >= 11 is 6.12. The molecule has 0 saturated carbocycles. The molecule has 1 heterocycles. The van der Waals surface area contributed by atoms with Crippen molar-refractivity contribution in [2.24, 2.45) is 0 Å². The Bertz CT molecular complexity index is 885. The van der Waals surface area contributed by atoms with Crippen molar-refractivity contribution in [3.63, 3.8) is 0 Å². The van der Waals surface area contributed by atoms with Gasteiger partial charge in [-0.25, -0.2) is 9.37 Å². The number of halogens is 2. The number of benzene rings is 2. The molecule has 0 atom stereocenters. The van der Waals surface area contributed by atoms with E-state index < -0.39 is 11.7 Å². The second kappa shape index (κ2) is 7.10. The van der Waals surface area contributed by atoms with Gasteiger partial charge in [-0.2, -0.15) is 0 Å². The van der Waals surface area contributed by atoms with E-state index in [4.69, 9.17) is 11.6 Å². The van der Waals surface area contributed by atoms with Gasteiger partial charge in [0.05, 0.1) is 16.3 Å². The van der Waals surface area contributed by atoms with Crippen LogP contribution in [0.5, 0.6) is 0 Å². The number of amides is 1. The summed E-state index contributed by atoms with van der Waals surface area (Å²) in [6.07, 6.45) is 1.57. The molecule has 0 radical (unpaired) electrons. The predicted molar refractivity (Wildman–Crippen MR) is 93.3 cm³/mol.